The lowest BCUT2D eigenvalue weighted by Crippen LogP contribution is -2.14. The molecule has 13 heavy (non-hydrogen) atoms. The molecule has 0 saturated heterocycles. The molecule has 0 saturated carbocycles. The maximum absolute atomic E-state index is 10.6. The summed E-state index contributed by atoms with van der Waals surface area (Å²) in [6.07, 6.45) is 1.37. The first-order chi connectivity index (χ1) is 6.25. The first kappa shape index (κ1) is 9.31. The standard InChI is InChI=1S/C8H9NO4/c1-2-13-9-7(8(10)11)6-4-3-5-12-6/h3-5H,2H2,1H3,(H,10,11)/b9-7-. The van der Waals surface area contributed by atoms with Crippen molar-refractivity contribution in [1.29, 1.82) is 0 Å². The number of carbonyl (C=O) groups is 1. The summed E-state index contributed by atoms with van der Waals surface area (Å²) in [6, 6.07) is 3.09. The monoisotopic (exact) mass is 183 g/mol. The highest BCUT2D eigenvalue weighted by Crippen LogP contribution is 2.03. The van der Waals surface area contributed by atoms with Crippen molar-refractivity contribution in [2.75, 3.05) is 6.61 Å². The first-order valence-electron chi connectivity index (χ1n) is 3.72. The second kappa shape index (κ2) is 4.30. The molecular formula is C8H9NO4. The molecule has 0 aliphatic heterocycles. The number of rotatable bonds is 4. The maximum atomic E-state index is 10.6. The normalized spacial score (nSPS) is 11.3. The molecule has 1 aromatic rings. The lowest BCUT2D eigenvalue weighted by Gasteiger charge is -1.96. The van der Waals surface area contributed by atoms with Gasteiger partial charge in [0.15, 0.2) is 5.76 Å². The molecule has 0 radical (unpaired) electrons. The smallest absolute Gasteiger partial charge is 0.361 e. The summed E-state index contributed by atoms with van der Waals surface area (Å²) >= 11 is 0. The van der Waals surface area contributed by atoms with Crippen molar-refractivity contribution in [1.82, 2.24) is 0 Å². The van der Waals surface area contributed by atoms with E-state index in [1.165, 1.54) is 12.3 Å². The molecule has 0 fully saturated rings. The van der Waals surface area contributed by atoms with E-state index in [-0.39, 0.29) is 11.5 Å². The molecule has 5 heteroatoms. The molecule has 0 bridgehead atoms. The number of carboxylic acids is 1. The summed E-state index contributed by atoms with van der Waals surface area (Å²) in [4.78, 5) is 15.3. The zero-order chi connectivity index (χ0) is 9.68. The summed E-state index contributed by atoms with van der Waals surface area (Å²) in [5.74, 6) is -0.996. The summed E-state index contributed by atoms with van der Waals surface area (Å²) in [5.41, 5.74) is -0.230. The largest absolute Gasteiger partial charge is 0.476 e. The van der Waals surface area contributed by atoms with Crippen LogP contribution in [0.25, 0.3) is 0 Å². The average molecular weight is 183 g/mol. The van der Waals surface area contributed by atoms with Gasteiger partial charge >= 0.3 is 5.97 Å². The minimum atomic E-state index is -1.18. The van der Waals surface area contributed by atoms with Crippen molar-refractivity contribution in [2.45, 2.75) is 6.92 Å². The molecule has 0 spiro atoms. The van der Waals surface area contributed by atoms with Gasteiger partial charge in [0.1, 0.15) is 6.61 Å². The lowest BCUT2D eigenvalue weighted by molar-refractivity contribution is -0.129. The number of furan rings is 1. The van der Waals surface area contributed by atoms with Gasteiger partial charge in [-0.25, -0.2) is 4.79 Å². The highest BCUT2D eigenvalue weighted by atomic mass is 16.6. The molecule has 0 aliphatic carbocycles. The van der Waals surface area contributed by atoms with Gasteiger partial charge in [-0.2, -0.15) is 0 Å². The Morgan fingerprint density at radius 2 is 2.54 bits per heavy atom. The molecule has 0 amide bonds. The van der Waals surface area contributed by atoms with E-state index in [2.05, 4.69) is 9.99 Å². The number of carboxylic acid groups (broad SMARTS) is 1. The Morgan fingerprint density at radius 3 is 3.00 bits per heavy atom. The number of nitrogens with zero attached hydrogens (tertiary/aromatic N) is 1. The Labute approximate surface area is 74.6 Å². The van der Waals surface area contributed by atoms with Gasteiger partial charge < -0.3 is 14.4 Å². The Bertz CT molecular complexity index is 302. The third-order valence-corrected chi connectivity index (χ3v) is 1.24. The molecule has 0 atom stereocenters. The van der Waals surface area contributed by atoms with Crippen LogP contribution in [0.15, 0.2) is 28.0 Å². The zero-order valence-corrected chi connectivity index (χ0v) is 7.06. The van der Waals surface area contributed by atoms with Crippen LogP contribution in [0.4, 0.5) is 0 Å². The van der Waals surface area contributed by atoms with E-state index < -0.39 is 5.97 Å². The van der Waals surface area contributed by atoms with Gasteiger partial charge in [0, 0.05) is 0 Å². The third-order valence-electron chi connectivity index (χ3n) is 1.24. The highest BCUT2D eigenvalue weighted by Gasteiger charge is 2.15. The van der Waals surface area contributed by atoms with E-state index in [1.807, 2.05) is 0 Å². The average Bonchev–Trinajstić information content (AvgIpc) is 2.57. The minimum Gasteiger partial charge on any atom is -0.476 e. The summed E-state index contributed by atoms with van der Waals surface area (Å²) in [7, 11) is 0. The molecule has 70 valence electrons. The van der Waals surface area contributed by atoms with Crippen LogP contribution in [0, 0.1) is 0 Å². The predicted molar refractivity (Wildman–Crippen MR) is 44.5 cm³/mol. The van der Waals surface area contributed by atoms with Crippen LogP contribution in [0.1, 0.15) is 12.7 Å². The van der Waals surface area contributed by atoms with Crippen molar-refractivity contribution >= 4 is 11.7 Å². The molecule has 1 heterocycles. The second-order valence-corrected chi connectivity index (χ2v) is 2.14. The molecule has 5 nitrogen and oxygen atoms in total. The SMILES string of the molecule is CCO/N=C(\C(=O)O)c1ccco1. The third kappa shape index (κ3) is 2.33. The van der Waals surface area contributed by atoms with E-state index >= 15 is 0 Å². The van der Waals surface area contributed by atoms with Crippen LogP contribution in [0.2, 0.25) is 0 Å². The first-order valence-corrected chi connectivity index (χ1v) is 3.72. The molecule has 0 aliphatic rings. The molecule has 0 aromatic carbocycles. The van der Waals surface area contributed by atoms with Gasteiger partial charge in [-0.3, -0.25) is 0 Å². The Balaban J connectivity index is 2.87. The van der Waals surface area contributed by atoms with Crippen LogP contribution in [0.3, 0.4) is 0 Å². The second-order valence-electron chi connectivity index (χ2n) is 2.14. The Morgan fingerprint density at radius 1 is 1.77 bits per heavy atom. The topological polar surface area (TPSA) is 72.0 Å². The number of aliphatic carboxylic acids is 1. The van der Waals surface area contributed by atoms with Crippen LogP contribution in [0.5, 0.6) is 0 Å². The van der Waals surface area contributed by atoms with Gasteiger partial charge in [0.2, 0.25) is 5.71 Å². The van der Waals surface area contributed by atoms with Gasteiger partial charge in [-0.05, 0) is 19.1 Å². The van der Waals surface area contributed by atoms with Crippen molar-refractivity contribution in [3.63, 3.8) is 0 Å². The van der Waals surface area contributed by atoms with E-state index in [9.17, 15) is 4.79 Å². The Hall–Kier alpha value is -1.78. The van der Waals surface area contributed by atoms with Gasteiger partial charge in [-0.15, -0.1) is 0 Å². The summed E-state index contributed by atoms with van der Waals surface area (Å²) in [5, 5.41) is 12.1. The maximum Gasteiger partial charge on any atom is 0.361 e. The number of hydrogen-bond acceptors (Lipinski definition) is 4. The summed E-state index contributed by atoms with van der Waals surface area (Å²) in [6.45, 7) is 2.03. The zero-order valence-electron chi connectivity index (χ0n) is 7.06. The fourth-order valence-electron chi connectivity index (χ4n) is 0.732. The van der Waals surface area contributed by atoms with Crippen molar-refractivity contribution in [3.05, 3.63) is 24.2 Å². The lowest BCUT2D eigenvalue weighted by atomic mass is 10.3. The van der Waals surface area contributed by atoms with Crippen LogP contribution < -0.4 is 0 Å². The quantitative estimate of drug-likeness (QED) is 0.560. The van der Waals surface area contributed by atoms with Crippen molar-refractivity contribution in [2.24, 2.45) is 5.16 Å². The van der Waals surface area contributed by atoms with Crippen molar-refractivity contribution < 1.29 is 19.2 Å². The molecular weight excluding hydrogens is 174 g/mol. The number of hydrogen-bond donors (Lipinski definition) is 1. The van der Waals surface area contributed by atoms with E-state index in [0.29, 0.717) is 6.61 Å². The molecule has 1 N–H and O–H groups in total. The van der Waals surface area contributed by atoms with Crippen molar-refractivity contribution in [3.8, 4) is 0 Å². The Kier molecular flexibility index (Phi) is 3.08. The fourth-order valence-corrected chi connectivity index (χ4v) is 0.732. The van der Waals surface area contributed by atoms with E-state index in [1.54, 1.807) is 13.0 Å². The molecule has 1 aromatic heterocycles. The van der Waals surface area contributed by atoms with Crippen LogP contribution >= 0.6 is 0 Å². The van der Waals surface area contributed by atoms with Gasteiger partial charge in [-0.1, -0.05) is 5.16 Å². The van der Waals surface area contributed by atoms with E-state index in [0.717, 1.165) is 0 Å². The summed E-state index contributed by atoms with van der Waals surface area (Å²) < 4.78 is 4.86. The number of oxime groups is 1. The molecule has 1 rings (SSSR count). The van der Waals surface area contributed by atoms with Crippen LogP contribution in [-0.2, 0) is 9.63 Å². The van der Waals surface area contributed by atoms with E-state index in [4.69, 9.17) is 9.52 Å². The fraction of sp³-hybridized carbons (Fsp3) is 0.250. The molecule has 0 unspecified atom stereocenters. The van der Waals surface area contributed by atoms with Gasteiger partial charge in [0.25, 0.3) is 0 Å². The minimum absolute atomic E-state index is 0.181. The predicted octanol–water partition coefficient (Wildman–Crippen LogP) is 1.10. The van der Waals surface area contributed by atoms with Gasteiger partial charge in [0.05, 0.1) is 6.26 Å². The highest BCUT2D eigenvalue weighted by molar-refractivity contribution is 6.41. The van der Waals surface area contributed by atoms with Crippen LogP contribution in [-0.4, -0.2) is 23.4 Å².